The number of alkyl halides is 9. The molecular formula is C20H19F9O5. The van der Waals surface area contributed by atoms with E-state index >= 15 is 0 Å². The molecule has 0 atom stereocenters. The molecule has 0 N–H and O–H groups in total. The first-order chi connectivity index (χ1) is 15.1. The van der Waals surface area contributed by atoms with Crippen LogP contribution in [0.25, 0.3) is 0 Å². The topological polar surface area (TPSA) is 61.8 Å². The fourth-order valence-electron chi connectivity index (χ4n) is 2.43. The Hall–Kier alpha value is -2.93. The van der Waals surface area contributed by atoms with E-state index in [4.69, 9.17) is 0 Å². The lowest BCUT2D eigenvalue weighted by molar-refractivity contribution is -0.377. The van der Waals surface area contributed by atoms with Gasteiger partial charge in [-0.1, -0.05) is 30.8 Å². The third-order valence-corrected chi connectivity index (χ3v) is 4.00. The highest BCUT2D eigenvalue weighted by Crippen LogP contribution is 2.53. The second-order valence-electron chi connectivity index (χ2n) is 7.80. The highest BCUT2D eigenvalue weighted by molar-refractivity contribution is 5.89. The number of benzene rings is 1. The molecule has 0 aromatic heterocycles. The van der Waals surface area contributed by atoms with Crippen molar-refractivity contribution < 1.29 is 63.3 Å². The number of rotatable bonds is 6. The number of halogens is 9. The van der Waals surface area contributed by atoms with Crippen LogP contribution in [0.15, 0.2) is 36.4 Å². The van der Waals surface area contributed by atoms with Gasteiger partial charge in [-0.25, -0.2) is 9.59 Å². The van der Waals surface area contributed by atoms with Crippen LogP contribution >= 0.6 is 0 Å². The largest absolute Gasteiger partial charge is 0.510 e. The lowest BCUT2D eigenvalue weighted by Crippen LogP contribution is -2.57. The van der Waals surface area contributed by atoms with Gasteiger partial charge in [-0.05, 0) is 26.3 Å². The Bertz CT molecular complexity index is 877. The van der Waals surface area contributed by atoms with E-state index in [1.54, 1.807) is 0 Å². The lowest BCUT2D eigenvalue weighted by Gasteiger charge is -2.37. The van der Waals surface area contributed by atoms with Gasteiger partial charge in [-0.2, -0.15) is 39.5 Å². The molecule has 0 bridgehead atoms. The fourth-order valence-corrected chi connectivity index (χ4v) is 2.43. The minimum absolute atomic E-state index is 0.00434. The van der Waals surface area contributed by atoms with Gasteiger partial charge in [0.15, 0.2) is 0 Å². The predicted octanol–water partition coefficient (Wildman–Crippen LogP) is 6.16. The molecule has 0 radical (unpaired) electrons. The molecule has 0 aliphatic rings. The van der Waals surface area contributed by atoms with Gasteiger partial charge >= 0.3 is 36.3 Å². The van der Waals surface area contributed by atoms with Crippen molar-refractivity contribution in [1.29, 1.82) is 0 Å². The van der Waals surface area contributed by atoms with Crippen LogP contribution in [0.3, 0.4) is 0 Å². The lowest BCUT2D eigenvalue weighted by atomic mass is 9.91. The average molecular weight is 510 g/mol. The molecule has 1 aromatic rings. The smallest absolute Gasteiger partial charge is 0.462 e. The summed E-state index contributed by atoms with van der Waals surface area (Å²) in [6, 6.07) is 2.28. The first-order valence-corrected chi connectivity index (χ1v) is 9.20. The van der Waals surface area contributed by atoms with E-state index in [1.807, 2.05) is 0 Å². The van der Waals surface area contributed by atoms with Crippen LogP contribution < -0.4 is 0 Å². The summed E-state index contributed by atoms with van der Waals surface area (Å²) in [7, 11) is 0. The summed E-state index contributed by atoms with van der Waals surface area (Å²) in [5.41, 5.74) is -9.83. The summed E-state index contributed by atoms with van der Waals surface area (Å²) < 4.78 is 132. The van der Waals surface area contributed by atoms with Crippen LogP contribution in [0, 0.1) is 0 Å². The highest BCUT2D eigenvalue weighted by atomic mass is 19.4. The maximum absolute atomic E-state index is 13.7. The standard InChI is InChI=1S/C20H19F9O5/c1-11(18(21,22)23)14(30)32-10-9-12-5-7-13(8-6-12)17(19(24,25)26,20(27,28)29)34-15(31)33-16(2,3)4/h5-8H,1,9-10H2,2-4H3. The second-order valence-corrected chi connectivity index (χ2v) is 7.80. The van der Waals surface area contributed by atoms with Crippen LogP contribution in [-0.4, -0.2) is 42.9 Å². The Labute approximate surface area is 187 Å². The molecule has 0 aliphatic carbocycles. The van der Waals surface area contributed by atoms with Gasteiger partial charge in [0.05, 0.1) is 6.61 Å². The summed E-state index contributed by atoms with van der Waals surface area (Å²) in [5, 5.41) is 0. The molecule has 0 aliphatic heterocycles. The zero-order valence-electron chi connectivity index (χ0n) is 17.9. The van der Waals surface area contributed by atoms with E-state index < -0.39 is 59.6 Å². The van der Waals surface area contributed by atoms with E-state index in [0.717, 1.165) is 12.1 Å². The van der Waals surface area contributed by atoms with Crippen molar-refractivity contribution in [1.82, 2.24) is 0 Å². The molecule has 0 saturated heterocycles. The van der Waals surface area contributed by atoms with Gasteiger partial charge in [0, 0.05) is 12.0 Å². The van der Waals surface area contributed by atoms with Gasteiger partial charge in [0.25, 0.3) is 0 Å². The fraction of sp³-hybridized carbons (Fsp3) is 0.500. The number of esters is 1. The molecule has 0 spiro atoms. The molecule has 1 aromatic carbocycles. The first-order valence-electron chi connectivity index (χ1n) is 9.20. The van der Waals surface area contributed by atoms with Crippen LogP contribution in [-0.2, 0) is 31.0 Å². The predicted molar refractivity (Wildman–Crippen MR) is 97.4 cm³/mol. The Morgan fingerprint density at radius 1 is 0.824 bits per heavy atom. The quantitative estimate of drug-likeness (QED) is 0.261. The van der Waals surface area contributed by atoms with E-state index in [1.165, 1.54) is 20.8 Å². The van der Waals surface area contributed by atoms with Crippen molar-refractivity contribution >= 4 is 12.1 Å². The average Bonchev–Trinajstić information content (AvgIpc) is 2.61. The molecule has 0 heterocycles. The van der Waals surface area contributed by atoms with Crippen molar-refractivity contribution in [2.24, 2.45) is 0 Å². The third kappa shape index (κ3) is 7.03. The maximum atomic E-state index is 13.7. The molecule has 14 heteroatoms. The van der Waals surface area contributed by atoms with Crippen molar-refractivity contribution in [3.63, 3.8) is 0 Å². The van der Waals surface area contributed by atoms with E-state index in [0.29, 0.717) is 12.1 Å². The van der Waals surface area contributed by atoms with Gasteiger partial charge in [0.1, 0.15) is 11.2 Å². The number of carbonyl (C=O) groups is 2. The van der Waals surface area contributed by atoms with E-state index in [9.17, 15) is 49.1 Å². The molecular weight excluding hydrogens is 491 g/mol. The zero-order valence-corrected chi connectivity index (χ0v) is 17.9. The summed E-state index contributed by atoms with van der Waals surface area (Å²) in [5.74, 6) is -1.79. The van der Waals surface area contributed by atoms with Gasteiger partial charge in [0.2, 0.25) is 0 Å². The zero-order chi connectivity index (χ0) is 26.8. The summed E-state index contributed by atoms with van der Waals surface area (Å²) in [6.45, 7) is 5.43. The van der Waals surface area contributed by atoms with E-state index in [2.05, 4.69) is 20.8 Å². The highest BCUT2D eigenvalue weighted by Gasteiger charge is 2.75. The normalized spacial score (nSPS) is 13.3. The van der Waals surface area contributed by atoms with Crippen molar-refractivity contribution in [3.8, 4) is 0 Å². The van der Waals surface area contributed by atoms with Gasteiger partial charge < -0.3 is 14.2 Å². The van der Waals surface area contributed by atoms with Crippen molar-refractivity contribution in [3.05, 3.63) is 47.5 Å². The molecule has 5 nitrogen and oxygen atoms in total. The van der Waals surface area contributed by atoms with E-state index in [-0.39, 0.29) is 12.0 Å². The van der Waals surface area contributed by atoms with Gasteiger partial charge in [-0.15, -0.1) is 0 Å². The Kier molecular flexibility index (Phi) is 8.34. The first kappa shape index (κ1) is 29.1. The second kappa shape index (κ2) is 9.74. The number of hydrogen-bond acceptors (Lipinski definition) is 5. The number of carbonyl (C=O) groups excluding carboxylic acids is 2. The Morgan fingerprint density at radius 2 is 1.29 bits per heavy atom. The summed E-state index contributed by atoms with van der Waals surface area (Å²) in [4.78, 5) is 23.0. The summed E-state index contributed by atoms with van der Waals surface area (Å²) in [6.07, 6.45) is -19.9. The molecule has 0 amide bonds. The van der Waals surface area contributed by atoms with Crippen LogP contribution in [0.5, 0.6) is 0 Å². The molecule has 1 rings (SSSR count). The molecule has 0 saturated carbocycles. The minimum atomic E-state index is -6.16. The number of ether oxygens (including phenoxy) is 3. The SMILES string of the molecule is C=C(C(=O)OCCc1ccc(C(OC(=O)OC(C)(C)C)(C(F)(F)F)C(F)(F)F)cc1)C(F)(F)F. The number of hydrogen-bond donors (Lipinski definition) is 0. The maximum Gasteiger partial charge on any atom is 0.510 e. The third-order valence-electron chi connectivity index (χ3n) is 4.00. The Morgan fingerprint density at radius 3 is 1.68 bits per heavy atom. The summed E-state index contributed by atoms with van der Waals surface area (Å²) >= 11 is 0. The van der Waals surface area contributed by atoms with Gasteiger partial charge in [-0.3, -0.25) is 0 Å². The van der Waals surface area contributed by atoms with Crippen molar-refractivity contribution in [2.45, 2.75) is 56.9 Å². The monoisotopic (exact) mass is 510 g/mol. The molecule has 192 valence electrons. The minimum Gasteiger partial charge on any atom is -0.462 e. The Balaban J connectivity index is 3.18. The molecule has 0 fully saturated rings. The van der Waals surface area contributed by atoms with Crippen molar-refractivity contribution in [2.75, 3.05) is 6.61 Å². The van der Waals surface area contributed by atoms with Crippen LogP contribution in [0.2, 0.25) is 0 Å². The molecule has 34 heavy (non-hydrogen) atoms. The molecule has 0 unspecified atom stereocenters. The van der Waals surface area contributed by atoms with Crippen LogP contribution in [0.1, 0.15) is 31.9 Å². The van der Waals surface area contributed by atoms with Crippen LogP contribution in [0.4, 0.5) is 44.3 Å².